The van der Waals surface area contributed by atoms with Crippen LogP contribution in [0.25, 0.3) is 0 Å². The van der Waals surface area contributed by atoms with Crippen LogP contribution < -0.4 is 4.74 Å². The van der Waals surface area contributed by atoms with Gasteiger partial charge in [-0.05, 0) is 6.92 Å². The van der Waals surface area contributed by atoms with Crippen LogP contribution >= 0.6 is 0 Å². The molecule has 1 saturated heterocycles. The van der Waals surface area contributed by atoms with Gasteiger partial charge < -0.3 is 14.4 Å². The molecule has 1 aliphatic heterocycles. The van der Waals surface area contributed by atoms with Crippen molar-refractivity contribution in [2.24, 2.45) is 0 Å². The van der Waals surface area contributed by atoms with Crippen molar-refractivity contribution < 1.29 is 23.5 Å². The van der Waals surface area contributed by atoms with Crippen LogP contribution in [-0.4, -0.2) is 52.5 Å². The maximum Gasteiger partial charge on any atom is 0.316 e. The van der Waals surface area contributed by atoms with Gasteiger partial charge in [-0.2, -0.15) is 0 Å². The van der Waals surface area contributed by atoms with Gasteiger partial charge in [0.15, 0.2) is 5.82 Å². The first-order valence-electron chi connectivity index (χ1n) is 7.16. The quantitative estimate of drug-likeness (QED) is 0.727. The minimum Gasteiger partial charge on any atom is -0.466 e. The lowest BCUT2D eigenvalue weighted by atomic mass is 10.3. The lowest BCUT2D eigenvalue weighted by Crippen LogP contribution is -2.31. The number of esters is 1. The fraction of sp³-hybridized carbons (Fsp3) is 0.571. The number of ether oxygens (including phenoxy) is 2. The number of aromatic nitrogens is 2. The molecule has 1 fully saturated rings. The fourth-order valence-corrected chi connectivity index (χ4v) is 2.16. The maximum atomic E-state index is 12.7. The van der Waals surface area contributed by atoms with Gasteiger partial charge in [-0.1, -0.05) is 0 Å². The van der Waals surface area contributed by atoms with Gasteiger partial charge in [-0.3, -0.25) is 9.59 Å². The molecule has 0 bridgehead atoms. The van der Waals surface area contributed by atoms with E-state index in [9.17, 15) is 14.0 Å². The van der Waals surface area contributed by atoms with Crippen molar-refractivity contribution in [1.29, 1.82) is 0 Å². The van der Waals surface area contributed by atoms with Crippen LogP contribution in [0.2, 0.25) is 0 Å². The second kappa shape index (κ2) is 7.67. The third-order valence-electron chi connectivity index (χ3n) is 3.21. The molecular formula is C14H18FN3O4. The molecule has 120 valence electrons. The third-order valence-corrected chi connectivity index (χ3v) is 3.21. The first kappa shape index (κ1) is 16.1. The van der Waals surface area contributed by atoms with Crippen LogP contribution in [0.3, 0.4) is 0 Å². The summed E-state index contributed by atoms with van der Waals surface area (Å²) >= 11 is 0. The molecule has 1 amide bonds. The predicted molar refractivity (Wildman–Crippen MR) is 73.5 cm³/mol. The van der Waals surface area contributed by atoms with E-state index in [0.29, 0.717) is 26.1 Å². The largest absolute Gasteiger partial charge is 0.466 e. The molecule has 0 aliphatic carbocycles. The Kier molecular flexibility index (Phi) is 5.62. The van der Waals surface area contributed by atoms with E-state index in [1.807, 2.05) is 0 Å². The first-order chi connectivity index (χ1) is 10.6. The second-order valence-corrected chi connectivity index (χ2v) is 4.86. The highest BCUT2D eigenvalue weighted by atomic mass is 19.1. The summed E-state index contributed by atoms with van der Waals surface area (Å²) in [6.07, 6.45) is 2.68. The topological polar surface area (TPSA) is 81.6 Å². The van der Waals surface area contributed by atoms with E-state index in [1.54, 1.807) is 11.8 Å². The van der Waals surface area contributed by atoms with Gasteiger partial charge in [0.25, 0.3) is 0 Å². The van der Waals surface area contributed by atoms with Crippen LogP contribution in [-0.2, 0) is 14.3 Å². The molecule has 1 atom stereocenters. The van der Waals surface area contributed by atoms with Crippen molar-refractivity contribution in [3.63, 3.8) is 0 Å². The number of halogens is 1. The summed E-state index contributed by atoms with van der Waals surface area (Å²) in [4.78, 5) is 32.3. The Labute approximate surface area is 127 Å². The van der Waals surface area contributed by atoms with Crippen LogP contribution in [0.5, 0.6) is 6.01 Å². The Hall–Kier alpha value is -2.25. The average Bonchev–Trinajstić information content (AvgIpc) is 2.96. The minimum atomic E-state index is -0.533. The molecule has 0 saturated carbocycles. The number of hydrogen-bond donors (Lipinski definition) is 0. The SMILES string of the molecule is CCOC(=O)CCC(=O)N1CC[C@H](Oc2ncc(F)cn2)C1. The number of rotatable bonds is 6. The standard InChI is InChI=1S/C14H18FN3O4/c1-2-21-13(20)4-3-12(19)18-6-5-11(9-18)22-14-16-7-10(15)8-17-14/h7-8,11H,2-6,9H2,1H3/t11-/m0/s1. The monoisotopic (exact) mass is 311 g/mol. The van der Waals surface area contributed by atoms with E-state index in [0.717, 1.165) is 12.4 Å². The van der Waals surface area contributed by atoms with E-state index < -0.39 is 5.82 Å². The van der Waals surface area contributed by atoms with Crippen LogP contribution in [0, 0.1) is 5.82 Å². The summed E-state index contributed by atoms with van der Waals surface area (Å²) in [6.45, 7) is 2.99. The summed E-state index contributed by atoms with van der Waals surface area (Å²) < 4.78 is 23.0. The van der Waals surface area contributed by atoms with Gasteiger partial charge in [0, 0.05) is 19.4 Å². The van der Waals surface area contributed by atoms with E-state index >= 15 is 0 Å². The number of carbonyl (C=O) groups is 2. The molecule has 0 spiro atoms. The van der Waals surface area contributed by atoms with E-state index in [-0.39, 0.29) is 36.8 Å². The van der Waals surface area contributed by atoms with Gasteiger partial charge in [-0.25, -0.2) is 14.4 Å². The van der Waals surface area contributed by atoms with Gasteiger partial charge in [-0.15, -0.1) is 0 Å². The van der Waals surface area contributed by atoms with Crippen molar-refractivity contribution in [2.75, 3.05) is 19.7 Å². The highest BCUT2D eigenvalue weighted by Gasteiger charge is 2.28. The zero-order valence-electron chi connectivity index (χ0n) is 12.3. The lowest BCUT2D eigenvalue weighted by Gasteiger charge is -2.16. The molecule has 2 rings (SSSR count). The molecular weight excluding hydrogens is 293 g/mol. The summed E-state index contributed by atoms with van der Waals surface area (Å²) in [6, 6.07) is 0.0900. The van der Waals surface area contributed by atoms with Gasteiger partial charge >= 0.3 is 12.0 Å². The smallest absolute Gasteiger partial charge is 0.316 e. The molecule has 0 unspecified atom stereocenters. The molecule has 0 radical (unpaired) electrons. The van der Waals surface area contributed by atoms with Crippen LogP contribution in [0.4, 0.5) is 4.39 Å². The molecule has 7 nitrogen and oxygen atoms in total. The normalized spacial score (nSPS) is 17.4. The van der Waals surface area contributed by atoms with Gasteiger partial charge in [0.2, 0.25) is 5.91 Å². The maximum absolute atomic E-state index is 12.7. The fourth-order valence-electron chi connectivity index (χ4n) is 2.16. The zero-order valence-corrected chi connectivity index (χ0v) is 12.3. The Morgan fingerprint density at radius 1 is 1.36 bits per heavy atom. The van der Waals surface area contributed by atoms with E-state index in [2.05, 4.69) is 9.97 Å². The van der Waals surface area contributed by atoms with E-state index in [1.165, 1.54) is 0 Å². The number of amides is 1. The number of carbonyl (C=O) groups excluding carboxylic acids is 2. The Bertz CT molecular complexity index is 523. The third kappa shape index (κ3) is 4.64. The minimum absolute atomic E-state index is 0.0791. The molecule has 0 N–H and O–H groups in total. The zero-order chi connectivity index (χ0) is 15.9. The average molecular weight is 311 g/mol. The molecule has 0 aromatic carbocycles. The number of nitrogens with zero attached hydrogens (tertiary/aromatic N) is 3. The van der Waals surface area contributed by atoms with Gasteiger partial charge in [0.1, 0.15) is 6.10 Å². The highest BCUT2D eigenvalue weighted by molar-refractivity contribution is 5.81. The van der Waals surface area contributed by atoms with Crippen molar-refractivity contribution in [1.82, 2.24) is 14.9 Å². The van der Waals surface area contributed by atoms with E-state index in [4.69, 9.17) is 9.47 Å². The van der Waals surface area contributed by atoms with Gasteiger partial charge in [0.05, 0.1) is 32.0 Å². The summed E-state index contributed by atoms with van der Waals surface area (Å²) in [7, 11) is 0. The molecule has 1 aliphatic rings. The Balaban J connectivity index is 1.76. The highest BCUT2D eigenvalue weighted by Crippen LogP contribution is 2.16. The van der Waals surface area contributed by atoms with Crippen LogP contribution in [0.1, 0.15) is 26.2 Å². The van der Waals surface area contributed by atoms with Crippen molar-refractivity contribution in [3.05, 3.63) is 18.2 Å². The summed E-state index contributed by atoms with van der Waals surface area (Å²) in [5.74, 6) is -1.02. The predicted octanol–water partition coefficient (Wildman–Crippen LogP) is 0.939. The Morgan fingerprint density at radius 2 is 2.09 bits per heavy atom. The number of likely N-dealkylation sites (tertiary alicyclic amines) is 1. The molecule has 1 aromatic rings. The molecule has 1 aromatic heterocycles. The lowest BCUT2D eigenvalue weighted by molar-refractivity contribution is -0.145. The molecule has 22 heavy (non-hydrogen) atoms. The van der Waals surface area contributed by atoms with Crippen LogP contribution in [0.15, 0.2) is 12.4 Å². The van der Waals surface area contributed by atoms with Crippen molar-refractivity contribution in [3.8, 4) is 6.01 Å². The molecule has 2 heterocycles. The summed E-state index contributed by atoms with van der Waals surface area (Å²) in [5.41, 5.74) is 0. The van der Waals surface area contributed by atoms with Crippen molar-refractivity contribution in [2.45, 2.75) is 32.3 Å². The molecule has 8 heteroatoms. The number of hydrogen-bond acceptors (Lipinski definition) is 6. The van der Waals surface area contributed by atoms with Crippen molar-refractivity contribution >= 4 is 11.9 Å². The first-order valence-corrected chi connectivity index (χ1v) is 7.16. The second-order valence-electron chi connectivity index (χ2n) is 4.86. The summed E-state index contributed by atoms with van der Waals surface area (Å²) in [5, 5.41) is 0. The Morgan fingerprint density at radius 3 is 2.77 bits per heavy atom.